The highest BCUT2D eigenvalue weighted by Gasteiger charge is 2.53. The van der Waals surface area contributed by atoms with Crippen LogP contribution in [0.4, 0.5) is 5.69 Å². The summed E-state index contributed by atoms with van der Waals surface area (Å²) in [5.41, 5.74) is 0.905. The maximum absolute atomic E-state index is 11.7. The maximum Gasteiger partial charge on any atom is 0.316 e. The van der Waals surface area contributed by atoms with Gasteiger partial charge in [0.2, 0.25) is 0 Å². The largest absolute Gasteiger partial charge is 0.497 e. The molecule has 2 aliphatic heterocycles. The van der Waals surface area contributed by atoms with Gasteiger partial charge < -0.3 is 14.6 Å². The number of methoxy groups -OCH3 is 1. The van der Waals surface area contributed by atoms with E-state index in [2.05, 4.69) is 21.6 Å². The van der Waals surface area contributed by atoms with Crippen molar-refractivity contribution >= 4 is 22.6 Å². The summed E-state index contributed by atoms with van der Waals surface area (Å²) in [6.07, 6.45) is 1.06. The predicted octanol–water partition coefficient (Wildman–Crippen LogP) is 3.26. The third kappa shape index (κ3) is 3.28. The van der Waals surface area contributed by atoms with Gasteiger partial charge in [0.05, 0.1) is 20.3 Å². The average molecular weight is 386 g/mol. The lowest BCUT2D eigenvalue weighted by atomic mass is 10.0. The van der Waals surface area contributed by atoms with Crippen molar-refractivity contribution in [3.05, 3.63) is 54.1 Å². The quantitative estimate of drug-likeness (QED) is 0.801. The molecule has 4 rings (SSSR count). The van der Waals surface area contributed by atoms with Crippen LogP contribution in [0, 0.1) is 0 Å². The second-order valence-corrected chi connectivity index (χ2v) is 7.76. The lowest BCUT2D eigenvalue weighted by molar-refractivity contribution is -0.656. The molecule has 0 amide bonds. The zero-order valence-electron chi connectivity index (χ0n) is 15.7. The van der Waals surface area contributed by atoms with E-state index in [1.165, 1.54) is 0 Å². The van der Waals surface area contributed by atoms with Gasteiger partial charge in [-0.05, 0) is 73.6 Å². The van der Waals surface area contributed by atoms with Crippen LogP contribution in [-0.2, 0) is 5.72 Å². The van der Waals surface area contributed by atoms with Gasteiger partial charge in [0.1, 0.15) is 17.2 Å². The maximum atomic E-state index is 11.7. The van der Waals surface area contributed by atoms with Gasteiger partial charge in [-0.25, -0.2) is 9.48 Å². The van der Waals surface area contributed by atoms with Crippen molar-refractivity contribution in [2.45, 2.75) is 19.1 Å². The molecular weight excluding hydrogens is 360 g/mol. The second kappa shape index (κ2) is 7.44. The molecule has 0 saturated carbocycles. The van der Waals surface area contributed by atoms with Crippen molar-refractivity contribution in [1.29, 1.82) is 0 Å². The molecule has 1 atom stereocenters. The normalized spacial score (nSPS) is 22.0. The van der Waals surface area contributed by atoms with Gasteiger partial charge in [0.25, 0.3) is 5.72 Å². The van der Waals surface area contributed by atoms with Crippen molar-refractivity contribution in [2.24, 2.45) is 0 Å². The van der Waals surface area contributed by atoms with Gasteiger partial charge in [-0.2, -0.15) is 0 Å². The molecule has 0 radical (unpaired) electrons. The molecule has 2 aromatic rings. The van der Waals surface area contributed by atoms with Crippen LogP contribution in [0.3, 0.4) is 0 Å². The zero-order valence-corrected chi connectivity index (χ0v) is 16.5. The monoisotopic (exact) mass is 385 g/mol. The highest BCUT2D eigenvalue weighted by molar-refractivity contribution is 8.13. The highest BCUT2D eigenvalue weighted by atomic mass is 32.2. The Morgan fingerprint density at radius 2 is 1.81 bits per heavy atom. The topological polar surface area (TPSA) is 44.9 Å². The van der Waals surface area contributed by atoms with E-state index in [9.17, 15) is 5.11 Å². The molecule has 0 fully saturated rings. The minimum absolute atomic E-state index is 0.496. The van der Waals surface area contributed by atoms with Crippen LogP contribution < -0.4 is 14.4 Å². The molecule has 6 heteroatoms. The molecule has 0 spiro atoms. The molecule has 5 nitrogen and oxygen atoms in total. The molecular formula is C21H25N2O3S+. The second-order valence-electron chi connectivity index (χ2n) is 6.69. The van der Waals surface area contributed by atoms with Crippen molar-refractivity contribution in [3.8, 4) is 11.5 Å². The summed E-state index contributed by atoms with van der Waals surface area (Å²) in [5.74, 6) is 2.72. The fourth-order valence-corrected chi connectivity index (χ4v) is 4.88. The fraction of sp³-hybridized carbons (Fsp3) is 0.381. The van der Waals surface area contributed by atoms with Crippen molar-refractivity contribution in [3.63, 3.8) is 0 Å². The number of hydrogen-bond donors (Lipinski definition) is 1. The summed E-state index contributed by atoms with van der Waals surface area (Å²) in [6.45, 7) is 3.98. The van der Waals surface area contributed by atoms with E-state index in [0.717, 1.165) is 46.6 Å². The Bertz CT molecular complexity index is 836. The number of rotatable bonds is 5. The van der Waals surface area contributed by atoms with Crippen molar-refractivity contribution in [1.82, 2.24) is 0 Å². The number of β-amino-alcohol motifs (C(OH)–C–C–N with tert-alkyl or cyclic N) is 1. The molecule has 2 heterocycles. The highest BCUT2D eigenvalue weighted by Crippen LogP contribution is 2.38. The number of benzene rings is 2. The summed E-state index contributed by atoms with van der Waals surface area (Å²) >= 11 is 1.81. The van der Waals surface area contributed by atoms with Crippen LogP contribution in [0.2, 0.25) is 0 Å². The van der Waals surface area contributed by atoms with E-state index in [1.54, 1.807) is 7.11 Å². The Labute approximate surface area is 164 Å². The number of thioether (sulfide) groups is 1. The molecule has 0 aromatic heterocycles. The number of anilines is 1. The Hall–Kier alpha value is -2.18. The van der Waals surface area contributed by atoms with Gasteiger partial charge in [-0.1, -0.05) is 0 Å². The standard InChI is InChI=1S/C21H25N2O3S/c1-3-26-19-11-7-17(8-12-19)22-15-21(24,23-13-4-14-27-20(22)23)16-5-9-18(25-2)10-6-16/h5-12,24H,3-4,13-15H2,1-2H3/q+1/t21-/m0/s1. The predicted molar refractivity (Wildman–Crippen MR) is 109 cm³/mol. The SMILES string of the molecule is CCOc1ccc(N2C[C@](O)(c3ccc(OC)cc3)[N+]3=C2SCCC3)cc1. The fourth-order valence-electron chi connectivity index (χ4n) is 3.70. The average Bonchev–Trinajstić information content (AvgIpc) is 3.03. The first-order chi connectivity index (χ1) is 13.2. The summed E-state index contributed by atoms with van der Waals surface area (Å²) < 4.78 is 13.0. The number of nitrogens with zero attached hydrogens (tertiary/aromatic N) is 2. The first kappa shape index (κ1) is 18.2. The summed E-state index contributed by atoms with van der Waals surface area (Å²) in [7, 11) is 1.65. The van der Waals surface area contributed by atoms with Crippen molar-refractivity contribution in [2.75, 3.05) is 37.5 Å². The van der Waals surface area contributed by atoms with Gasteiger partial charge in [0, 0.05) is 11.3 Å². The van der Waals surface area contributed by atoms with Gasteiger partial charge >= 0.3 is 5.17 Å². The van der Waals surface area contributed by atoms with Crippen LogP contribution >= 0.6 is 11.8 Å². The summed E-state index contributed by atoms with van der Waals surface area (Å²) in [5, 5.41) is 12.8. The number of amidine groups is 1. The molecule has 0 bridgehead atoms. The molecule has 2 aromatic carbocycles. The zero-order chi connectivity index (χ0) is 18.9. The van der Waals surface area contributed by atoms with E-state index < -0.39 is 5.72 Å². The Morgan fingerprint density at radius 3 is 2.48 bits per heavy atom. The molecule has 0 saturated heterocycles. The number of ether oxygens (including phenoxy) is 2. The van der Waals surface area contributed by atoms with Gasteiger partial charge in [0.15, 0.2) is 6.54 Å². The van der Waals surface area contributed by atoms with E-state index >= 15 is 0 Å². The lowest BCUT2D eigenvalue weighted by Gasteiger charge is -2.24. The summed E-state index contributed by atoms with van der Waals surface area (Å²) in [6, 6.07) is 15.8. The summed E-state index contributed by atoms with van der Waals surface area (Å²) in [4.78, 5) is 2.21. The van der Waals surface area contributed by atoms with Gasteiger partial charge in [-0.3, -0.25) is 0 Å². The lowest BCUT2D eigenvalue weighted by Crippen LogP contribution is -2.41. The first-order valence-electron chi connectivity index (χ1n) is 9.30. The van der Waals surface area contributed by atoms with Crippen LogP contribution in [0.5, 0.6) is 11.5 Å². The van der Waals surface area contributed by atoms with Crippen molar-refractivity contribution < 1.29 is 19.2 Å². The molecule has 2 aliphatic rings. The third-order valence-electron chi connectivity index (χ3n) is 5.06. The smallest absolute Gasteiger partial charge is 0.316 e. The number of hydrogen-bond acceptors (Lipinski definition) is 5. The molecule has 0 unspecified atom stereocenters. The van der Waals surface area contributed by atoms with E-state index in [1.807, 2.05) is 55.1 Å². The first-order valence-corrected chi connectivity index (χ1v) is 10.3. The van der Waals surface area contributed by atoms with E-state index in [0.29, 0.717) is 13.2 Å². The Balaban J connectivity index is 1.70. The molecule has 27 heavy (non-hydrogen) atoms. The van der Waals surface area contributed by atoms with Crippen LogP contribution in [0.1, 0.15) is 18.9 Å². The molecule has 1 N–H and O–H groups in total. The van der Waals surface area contributed by atoms with Crippen LogP contribution in [0.25, 0.3) is 0 Å². The van der Waals surface area contributed by atoms with E-state index in [4.69, 9.17) is 9.47 Å². The Morgan fingerprint density at radius 1 is 1.11 bits per heavy atom. The minimum Gasteiger partial charge on any atom is -0.497 e. The molecule has 142 valence electrons. The molecule has 0 aliphatic carbocycles. The minimum atomic E-state index is -1.05. The van der Waals surface area contributed by atoms with E-state index in [-0.39, 0.29) is 0 Å². The Kier molecular flexibility index (Phi) is 5.02. The van der Waals surface area contributed by atoms with Crippen LogP contribution in [-0.4, -0.2) is 47.4 Å². The van der Waals surface area contributed by atoms with Gasteiger partial charge in [-0.15, -0.1) is 0 Å². The van der Waals surface area contributed by atoms with Crippen LogP contribution in [0.15, 0.2) is 48.5 Å². The third-order valence-corrected chi connectivity index (χ3v) is 6.25. The number of aliphatic hydroxyl groups is 1.